The summed E-state index contributed by atoms with van der Waals surface area (Å²) >= 11 is 1.34. The van der Waals surface area contributed by atoms with Crippen LogP contribution in [0.2, 0.25) is 0 Å². The molecule has 1 atom stereocenters. The van der Waals surface area contributed by atoms with Gasteiger partial charge in [-0.2, -0.15) is 5.10 Å². The van der Waals surface area contributed by atoms with Crippen molar-refractivity contribution in [3.05, 3.63) is 48.0 Å². The Bertz CT molecular complexity index is 816. The lowest BCUT2D eigenvalue weighted by Crippen LogP contribution is -2.37. The molecule has 8 heteroatoms. The molecule has 1 aliphatic heterocycles. The van der Waals surface area contributed by atoms with Gasteiger partial charge in [0.2, 0.25) is 0 Å². The van der Waals surface area contributed by atoms with Crippen LogP contribution in [0.5, 0.6) is 0 Å². The molecular weight excluding hydrogens is 324 g/mol. The minimum absolute atomic E-state index is 0.0318. The Kier molecular flexibility index (Phi) is 4.04. The molecule has 4 heterocycles. The highest BCUT2D eigenvalue weighted by atomic mass is 32.1. The van der Waals surface area contributed by atoms with E-state index >= 15 is 0 Å². The van der Waals surface area contributed by atoms with E-state index in [0.717, 1.165) is 25.9 Å². The van der Waals surface area contributed by atoms with E-state index in [1.165, 1.54) is 11.3 Å². The highest BCUT2D eigenvalue weighted by Crippen LogP contribution is 2.26. The van der Waals surface area contributed by atoms with E-state index in [-0.39, 0.29) is 11.9 Å². The second kappa shape index (κ2) is 6.48. The molecule has 4 rings (SSSR count). The first kappa shape index (κ1) is 14.9. The molecule has 0 bridgehead atoms. The number of nitrogens with zero attached hydrogens (tertiary/aromatic N) is 6. The van der Waals surface area contributed by atoms with Gasteiger partial charge in [-0.3, -0.25) is 9.48 Å². The molecule has 1 aliphatic rings. The number of hydrogen-bond donors (Lipinski definition) is 0. The van der Waals surface area contributed by atoms with E-state index in [2.05, 4.69) is 20.1 Å². The summed E-state index contributed by atoms with van der Waals surface area (Å²) in [5, 5.41) is 4.91. The van der Waals surface area contributed by atoms with Gasteiger partial charge in [0, 0.05) is 31.3 Å². The fraction of sp³-hybridized carbons (Fsp3) is 0.312. The van der Waals surface area contributed by atoms with Crippen LogP contribution >= 0.6 is 11.3 Å². The number of thiazole rings is 1. The summed E-state index contributed by atoms with van der Waals surface area (Å²) in [6, 6.07) is 3.83. The number of aromatic nitrogens is 5. The van der Waals surface area contributed by atoms with E-state index in [1.54, 1.807) is 30.9 Å². The summed E-state index contributed by atoms with van der Waals surface area (Å²) in [5.74, 6) is 0.584. The Balaban J connectivity index is 1.52. The van der Waals surface area contributed by atoms with Gasteiger partial charge in [0.05, 0.1) is 18.8 Å². The summed E-state index contributed by atoms with van der Waals surface area (Å²) in [4.78, 5) is 28.1. The Hall–Kier alpha value is -2.61. The first-order valence-corrected chi connectivity index (χ1v) is 8.64. The maximum absolute atomic E-state index is 12.9. The molecule has 122 valence electrons. The smallest absolute Gasteiger partial charge is 0.265 e. The quantitative estimate of drug-likeness (QED) is 0.727. The number of amides is 1. The van der Waals surface area contributed by atoms with Crippen molar-refractivity contribution in [2.45, 2.75) is 25.4 Å². The predicted molar refractivity (Wildman–Crippen MR) is 89.4 cm³/mol. The Morgan fingerprint density at radius 3 is 2.88 bits per heavy atom. The lowest BCUT2D eigenvalue weighted by Gasteiger charge is -2.24. The molecule has 1 unspecified atom stereocenters. The van der Waals surface area contributed by atoms with Crippen molar-refractivity contribution in [1.29, 1.82) is 0 Å². The highest BCUT2D eigenvalue weighted by Gasteiger charge is 2.31. The van der Waals surface area contributed by atoms with Gasteiger partial charge in [0.25, 0.3) is 5.91 Å². The first-order valence-electron chi connectivity index (χ1n) is 7.83. The van der Waals surface area contributed by atoms with Gasteiger partial charge in [-0.05, 0) is 25.0 Å². The molecule has 0 N–H and O–H groups in total. The van der Waals surface area contributed by atoms with Gasteiger partial charge < -0.3 is 4.90 Å². The Morgan fingerprint density at radius 1 is 1.21 bits per heavy atom. The van der Waals surface area contributed by atoms with Crippen molar-refractivity contribution >= 4 is 17.2 Å². The van der Waals surface area contributed by atoms with Crippen molar-refractivity contribution in [2.24, 2.45) is 0 Å². The highest BCUT2D eigenvalue weighted by molar-refractivity contribution is 7.16. The van der Waals surface area contributed by atoms with Gasteiger partial charge in [-0.15, -0.1) is 11.3 Å². The fourth-order valence-corrected chi connectivity index (χ4v) is 3.77. The molecule has 1 fully saturated rings. The molecule has 7 nitrogen and oxygen atoms in total. The number of carbonyl (C=O) groups is 1. The standard InChI is InChI=1S/C16H16N6OS/c23-16(13-10-19-15(24-13)14-17-5-2-6-18-14)22-9-1-4-12(22)11-21-8-3-7-20-21/h2-3,5-8,10,12H,1,4,9,11H2. The van der Waals surface area contributed by atoms with Crippen molar-refractivity contribution in [3.8, 4) is 10.8 Å². The summed E-state index contributed by atoms with van der Waals surface area (Å²) in [6.07, 6.45) is 10.7. The lowest BCUT2D eigenvalue weighted by atomic mass is 10.2. The average Bonchev–Trinajstić information content (AvgIpc) is 3.37. The van der Waals surface area contributed by atoms with Crippen molar-refractivity contribution in [3.63, 3.8) is 0 Å². The van der Waals surface area contributed by atoms with Crippen LogP contribution in [-0.2, 0) is 6.54 Å². The number of hydrogen-bond acceptors (Lipinski definition) is 6. The molecule has 1 saturated heterocycles. The number of carbonyl (C=O) groups excluding carboxylic acids is 1. The molecule has 0 aliphatic carbocycles. The summed E-state index contributed by atoms with van der Waals surface area (Å²) in [5.41, 5.74) is 0. The second-order valence-corrected chi connectivity index (χ2v) is 6.66. The van der Waals surface area contributed by atoms with E-state index in [1.807, 2.05) is 21.8 Å². The van der Waals surface area contributed by atoms with Crippen LogP contribution in [-0.4, -0.2) is 48.1 Å². The molecule has 3 aromatic heterocycles. The van der Waals surface area contributed by atoms with Crippen LogP contribution in [0.25, 0.3) is 10.8 Å². The van der Waals surface area contributed by atoms with E-state index < -0.39 is 0 Å². The number of rotatable bonds is 4. The molecule has 0 saturated carbocycles. The van der Waals surface area contributed by atoms with Crippen LogP contribution < -0.4 is 0 Å². The maximum Gasteiger partial charge on any atom is 0.265 e. The first-order chi connectivity index (χ1) is 11.8. The van der Waals surface area contributed by atoms with Crippen molar-refractivity contribution in [1.82, 2.24) is 29.6 Å². The van der Waals surface area contributed by atoms with Gasteiger partial charge in [0.1, 0.15) is 4.88 Å². The van der Waals surface area contributed by atoms with Crippen molar-refractivity contribution in [2.75, 3.05) is 6.54 Å². The monoisotopic (exact) mass is 340 g/mol. The third-order valence-electron chi connectivity index (χ3n) is 4.07. The largest absolute Gasteiger partial charge is 0.333 e. The third kappa shape index (κ3) is 2.92. The molecule has 0 aromatic carbocycles. The number of likely N-dealkylation sites (tertiary alicyclic amines) is 1. The zero-order valence-electron chi connectivity index (χ0n) is 12.9. The summed E-state index contributed by atoms with van der Waals surface area (Å²) in [7, 11) is 0. The lowest BCUT2D eigenvalue weighted by molar-refractivity contribution is 0.0726. The van der Waals surface area contributed by atoms with Crippen LogP contribution in [0.15, 0.2) is 43.1 Å². The van der Waals surface area contributed by atoms with Crippen LogP contribution in [0.3, 0.4) is 0 Å². The minimum Gasteiger partial charge on any atom is -0.333 e. The molecule has 0 radical (unpaired) electrons. The maximum atomic E-state index is 12.9. The molecule has 0 spiro atoms. The Morgan fingerprint density at radius 2 is 2.08 bits per heavy atom. The summed E-state index contributed by atoms with van der Waals surface area (Å²) in [6.45, 7) is 1.51. The van der Waals surface area contributed by atoms with E-state index in [4.69, 9.17) is 0 Å². The fourth-order valence-electron chi connectivity index (χ4n) is 2.94. The molecular formula is C16H16N6OS. The topological polar surface area (TPSA) is 76.8 Å². The van der Waals surface area contributed by atoms with Crippen LogP contribution in [0, 0.1) is 0 Å². The van der Waals surface area contributed by atoms with Gasteiger partial charge >= 0.3 is 0 Å². The Labute approximate surface area is 143 Å². The predicted octanol–water partition coefficient (Wildman–Crippen LogP) is 2.10. The van der Waals surface area contributed by atoms with E-state index in [0.29, 0.717) is 15.7 Å². The SMILES string of the molecule is O=C(c1cnc(-c2ncccn2)s1)N1CCCC1Cn1cccn1. The van der Waals surface area contributed by atoms with Gasteiger partial charge in [-0.25, -0.2) is 15.0 Å². The summed E-state index contributed by atoms with van der Waals surface area (Å²) < 4.78 is 1.88. The second-order valence-electron chi connectivity index (χ2n) is 5.62. The van der Waals surface area contributed by atoms with E-state index in [9.17, 15) is 4.79 Å². The van der Waals surface area contributed by atoms with Crippen LogP contribution in [0.1, 0.15) is 22.5 Å². The zero-order chi connectivity index (χ0) is 16.4. The van der Waals surface area contributed by atoms with Gasteiger partial charge in [0.15, 0.2) is 10.8 Å². The average molecular weight is 340 g/mol. The third-order valence-corrected chi connectivity index (χ3v) is 5.05. The molecule has 1 amide bonds. The van der Waals surface area contributed by atoms with Gasteiger partial charge in [-0.1, -0.05) is 0 Å². The zero-order valence-corrected chi connectivity index (χ0v) is 13.8. The normalized spacial score (nSPS) is 17.3. The minimum atomic E-state index is 0.0318. The van der Waals surface area contributed by atoms with Crippen LogP contribution in [0.4, 0.5) is 0 Å². The molecule has 24 heavy (non-hydrogen) atoms. The molecule has 3 aromatic rings. The van der Waals surface area contributed by atoms with Crippen molar-refractivity contribution < 1.29 is 4.79 Å².